The Labute approximate surface area is 155 Å². The number of nitro groups is 1. The number of nitro benzene ring substituents is 1. The van der Waals surface area contributed by atoms with E-state index in [0.717, 1.165) is 5.01 Å². The van der Waals surface area contributed by atoms with Crippen LogP contribution in [0.4, 0.5) is 11.4 Å². The Morgan fingerprint density at radius 2 is 1.89 bits per heavy atom. The molecule has 0 bridgehead atoms. The molecule has 1 heterocycles. The van der Waals surface area contributed by atoms with Gasteiger partial charge < -0.3 is 9.47 Å². The summed E-state index contributed by atoms with van der Waals surface area (Å²) in [7, 11) is 1.55. The SMILES string of the molecule is CCOC1=NN(c2ccc([N+](=O)[O-])cc2)C(=O)/C1=C\c1ccccc1OC. The molecule has 3 rings (SSSR count). The Morgan fingerprint density at radius 3 is 2.52 bits per heavy atom. The van der Waals surface area contributed by atoms with Gasteiger partial charge in [0.05, 0.1) is 24.3 Å². The number of amides is 1. The zero-order chi connectivity index (χ0) is 19.4. The van der Waals surface area contributed by atoms with E-state index in [-0.39, 0.29) is 17.2 Å². The van der Waals surface area contributed by atoms with Gasteiger partial charge in [-0.05, 0) is 31.2 Å². The summed E-state index contributed by atoms with van der Waals surface area (Å²) < 4.78 is 10.8. The third kappa shape index (κ3) is 3.64. The predicted octanol–water partition coefficient (Wildman–Crippen LogP) is 3.38. The zero-order valence-electron chi connectivity index (χ0n) is 14.8. The maximum Gasteiger partial charge on any atom is 0.284 e. The van der Waals surface area contributed by atoms with Gasteiger partial charge in [0.15, 0.2) is 0 Å². The van der Waals surface area contributed by atoms with Crippen molar-refractivity contribution in [2.75, 3.05) is 18.7 Å². The molecule has 0 N–H and O–H groups in total. The van der Waals surface area contributed by atoms with E-state index < -0.39 is 10.8 Å². The fourth-order valence-corrected chi connectivity index (χ4v) is 2.59. The number of methoxy groups -OCH3 is 1. The predicted molar refractivity (Wildman–Crippen MR) is 101 cm³/mol. The molecule has 0 spiro atoms. The lowest BCUT2D eigenvalue weighted by Crippen LogP contribution is -2.21. The van der Waals surface area contributed by atoms with Gasteiger partial charge in [-0.15, -0.1) is 5.10 Å². The van der Waals surface area contributed by atoms with Crippen molar-refractivity contribution in [3.63, 3.8) is 0 Å². The number of non-ortho nitro benzene ring substituents is 1. The highest BCUT2D eigenvalue weighted by atomic mass is 16.6. The molecule has 138 valence electrons. The Morgan fingerprint density at radius 1 is 1.19 bits per heavy atom. The first-order valence-electron chi connectivity index (χ1n) is 8.20. The smallest absolute Gasteiger partial charge is 0.284 e. The third-order valence-corrected chi connectivity index (χ3v) is 3.87. The van der Waals surface area contributed by atoms with Crippen LogP contribution < -0.4 is 9.75 Å². The molecule has 8 nitrogen and oxygen atoms in total. The number of rotatable bonds is 5. The molecule has 2 aromatic rings. The number of hydrazone groups is 1. The van der Waals surface area contributed by atoms with Gasteiger partial charge in [0.25, 0.3) is 11.6 Å². The van der Waals surface area contributed by atoms with E-state index in [4.69, 9.17) is 9.47 Å². The van der Waals surface area contributed by atoms with Gasteiger partial charge >= 0.3 is 0 Å². The molecule has 2 aromatic carbocycles. The number of ether oxygens (including phenoxy) is 2. The van der Waals surface area contributed by atoms with Gasteiger partial charge in [0.2, 0.25) is 5.90 Å². The van der Waals surface area contributed by atoms with Crippen LogP contribution in [-0.4, -0.2) is 30.4 Å². The first-order chi connectivity index (χ1) is 13.0. The number of hydrogen-bond acceptors (Lipinski definition) is 6. The number of anilines is 1. The Bertz CT molecular complexity index is 935. The van der Waals surface area contributed by atoms with Crippen LogP contribution in [0.25, 0.3) is 6.08 Å². The molecule has 0 atom stereocenters. The molecular weight excluding hydrogens is 350 g/mol. The molecule has 0 saturated heterocycles. The molecular formula is C19H17N3O5. The summed E-state index contributed by atoms with van der Waals surface area (Å²) in [5, 5.41) is 16.2. The lowest BCUT2D eigenvalue weighted by Gasteiger charge is -2.10. The van der Waals surface area contributed by atoms with Crippen molar-refractivity contribution in [3.05, 3.63) is 69.8 Å². The van der Waals surface area contributed by atoms with Gasteiger partial charge in [-0.2, -0.15) is 5.01 Å². The molecule has 0 radical (unpaired) electrons. The number of nitrogens with zero attached hydrogens (tertiary/aromatic N) is 3. The first kappa shape index (κ1) is 18.1. The molecule has 8 heteroatoms. The van der Waals surface area contributed by atoms with E-state index in [1.807, 2.05) is 18.2 Å². The molecule has 0 aromatic heterocycles. The van der Waals surface area contributed by atoms with Crippen LogP contribution in [0, 0.1) is 10.1 Å². The van der Waals surface area contributed by atoms with E-state index >= 15 is 0 Å². The van der Waals surface area contributed by atoms with Gasteiger partial charge in [-0.3, -0.25) is 14.9 Å². The topological polar surface area (TPSA) is 94.3 Å². The third-order valence-electron chi connectivity index (χ3n) is 3.87. The molecule has 0 aliphatic carbocycles. The standard InChI is InChI=1S/C19H17N3O5/c1-3-27-18-16(12-13-6-4-5-7-17(13)26-2)19(23)21(20-18)14-8-10-15(11-9-14)22(24)25/h4-12H,3H2,1-2H3/b16-12-. The Balaban J connectivity index is 1.99. The van der Waals surface area contributed by atoms with E-state index in [2.05, 4.69) is 5.10 Å². The minimum atomic E-state index is -0.502. The normalized spacial score (nSPS) is 15.0. The van der Waals surface area contributed by atoms with Crippen LogP contribution in [-0.2, 0) is 9.53 Å². The Kier molecular flexibility index (Phi) is 5.16. The van der Waals surface area contributed by atoms with Crippen LogP contribution in [0.5, 0.6) is 5.75 Å². The molecule has 1 amide bonds. The number of benzene rings is 2. The minimum Gasteiger partial charge on any atom is -0.496 e. The molecule has 27 heavy (non-hydrogen) atoms. The summed E-state index contributed by atoms with van der Waals surface area (Å²) in [5.74, 6) is 0.410. The number of para-hydroxylation sites is 1. The fourth-order valence-electron chi connectivity index (χ4n) is 2.59. The highest BCUT2D eigenvalue weighted by Gasteiger charge is 2.33. The maximum atomic E-state index is 12.9. The number of carbonyl (C=O) groups excluding carboxylic acids is 1. The zero-order valence-corrected chi connectivity index (χ0v) is 14.8. The van der Waals surface area contributed by atoms with E-state index in [1.165, 1.54) is 24.3 Å². The van der Waals surface area contributed by atoms with E-state index in [9.17, 15) is 14.9 Å². The summed E-state index contributed by atoms with van der Waals surface area (Å²) in [6.45, 7) is 2.13. The van der Waals surface area contributed by atoms with E-state index in [0.29, 0.717) is 23.6 Å². The van der Waals surface area contributed by atoms with E-state index in [1.54, 1.807) is 26.2 Å². The highest BCUT2D eigenvalue weighted by molar-refractivity contribution is 6.30. The van der Waals surface area contributed by atoms with Crippen molar-refractivity contribution in [2.45, 2.75) is 6.92 Å². The molecule has 0 fully saturated rings. The van der Waals surface area contributed by atoms with Crippen LogP contribution in [0.3, 0.4) is 0 Å². The monoisotopic (exact) mass is 367 g/mol. The molecule has 0 unspecified atom stereocenters. The lowest BCUT2D eigenvalue weighted by atomic mass is 10.1. The van der Waals surface area contributed by atoms with Gasteiger partial charge in [-0.1, -0.05) is 18.2 Å². The summed E-state index contributed by atoms with van der Waals surface area (Å²) in [4.78, 5) is 23.2. The van der Waals surface area contributed by atoms with Crippen molar-refractivity contribution < 1.29 is 19.2 Å². The average molecular weight is 367 g/mol. The largest absolute Gasteiger partial charge is 0.496 e. The first-order valence-corrected chi connectivity index (χ1v) is 8.20. The van der Waals surface area contributed by atoms with Crippen molar-refractivity contribution in [1.29, 1.82) is 0 Å². The molecule has 1 aliphatic heterocycles. The van der Waals surface area contributed by atoms with Crippen LogP contribution >= 0.6 is 0 Å². The van der Waals surface area contributed by atoms with Gasteiger partial charge in [-0.25, -0.2) is 0 Å². The van der Waals surface area contributed by atoms with Crippen LogP contribution in [0.15, 0.2) is 59.2 Å². The summed E-state index contributed by atoms with van der Waals surface area (Å²) in [6.07, 6.45) is 1.65. The van der Waals surface area contributed by atoms with Crippen LogP contribution in [0.2, 0.25) is 0 Å². The van der Waals surface area contributed by atoms with Gasteiger partial charge in [0, 0.05) is 17.7 Å². The lowest BCUT2D eigenvalue weighted by molar-refractivity contribution is -0.384. The Hall–Kier alpha value is -3.68. The molecule has 1 aliphatic rings. The second-order valence-corrected chi connectivity index (χ2v) is 5.53. The summed E-state index contributed by atoms with van der Waals surface area (Å²) in [6, 6.07) is 12.8. The number of carbonyl (C=O) groups is 1. The average Bonchev–Trinajstić information content (AvgIpc) is 2.98. The maximum absolute atomic E-state index is 12.9. The molecule has 0 saturated carbocycles. The second kappa shape index (κ2) is 7.69. The highest BCUT2D eigenvalue weighted by Crippen LogP contribution is 2.29. The van der Waals surface area contributed by atoms with Crippen molar-refractivity contribution in [2.24, 2.45) is 5.10 Å². The second-order valence-electron chi connectivity index (χ2n) is 5.53. The fraction of sp³-hybridized carbons (Fsp3) is 0.158. The van der Waals surface area contributed by atoms with Crippen molar-refractivity contribution in [3.8, 4) is 5.75 Å². The van der Waals surface area contributed by atoms with Gasteiger partial charge in [0.1, 0.15) is 11.3 Å². The summed E-state index contributed by atoms with van der Waals surface area (Å²) in [5.41, 5.74) is 1.33. The van der Waals surface area contributed by atoms with Crippen LogP contribution in [0.1, 0.15) is 12.5 Å². The minimum absolute atomic E-state index is 0.0656. The number of hydrogen-bond donors (Lipinski definition) is 0. The van der Waals surface area contributed by atoms with Crippen molar-refractivity contribution in [1.82, 2.24) is 0 Å². The quantitative estimate of drug-likeness (QED) is 0.459. The van der Waals surface area contributed by atoms with Crippen molar-refractivity contribution >= 4 is 29.3 Å². The summed E-state index contributed by atoms with van der Waals surface area (Å²) >= 11 is 0.